The first-order chi connectivity index (χ1) is 6.32. The Hall–Kier alpha value is -1.01. The summed E-state index contributed by atoms with van der Waals surface area (Å²) < 4.78 is 36.3. The predicted molar refractivity (Wildman–Crippen MR) is 45.1 cm³/mol. The number of hydrogen-bond acceptors (Lipinski definition) is 2. The highest BCUT2D eigenvalue weighted by atomic mass is 35.5. The van der Waals surface area contributed by atoms with Crippen LogP contribution in [0.4, 0.5) is 13.2 Å². The molecule has 3 N–H and O–H groups in total. The number of pyridine rings is 1. The highest BCUT2D eigenvalue weighted by Crippen LogP contribution is 2.30. The lowest BCUT2D eigenvalue weighted by atomic mass is 10.1. The fraction of sp³-hybridized carbons (Fsp3) is 0.286. The molecule has 1 aromatic heterocycles. The Labute approximate surface area is 81.7 Å². The predicted octanol–water partition coefficient (Wildman–Crippen LogP) is 1.59. The Bertz CT molecular complexity index is 387. The van der Waals surface area contributed by atoms with Gasteiger partial charge in [-0.05, 0) is 11.6 Å². The summed E-state index contributed by atoms with van der Waals surface area (Å²) in [6.45, 7) is 0. The Balaban J connectivity index is 3.09. The molecule has 0 aromatic carbocycles. The smallest absolute Gasteiger partial charge is 0.327 e. The number of rotatable bonds is 1. The third-order valence-electron chi connectivity index (χ3n) is 1.59. The molecule has 14 heavy (non-hydrogen) atoms. The zero-order valence-electron chi connectivity index (χ0n) is 6.73. The van der Waals surface area contributed by atoms with E-state index in [1.54, 1.807) is 0 Å². The molecule has 0 spiro atoms. The molecule has 0 unspecified atom stereocenters. The molecule has 0 aliphatic heterocycles. The Morgan fingerprint density at radius 2 is 2.07 bits per heavy atom. The number of aromatic nitrogens is 1. The molecular formula is C7H6ClF3N2O. The van der Waals surface area contributed by atoms with E-state index < -0.39 is 17.8 Å². The fourth-order valence-electron chi connectivity index (χ4n) is 0.840. The number of H-pyrrole nitrogens is 1. The third-order valence-corrected chi connectivity index (χ3v) is 1.87. The molecule has 1 atom stereocenters. The summed E-state index contributed by atoms with van der Waals surface area (Å²) in [7, 11) is 0. The van der Waals surface area contributed by atoms with Gasteiger partial charge in [-0.1, -0.05) is 11.6 Å². The number of nitrogens with two attached hydrogens (primary N) is 1. The number of nitrogens with one attached hydrogen (secondary N) is 1. The van der Waals surface area contributed by atoms with Crippen LogP contribution in [0.1, 0.15) is 11.6 Å². The van der Waals surface area contributed by atoms with Gasteiger partial charge in [-0.3, -0.25) is 4.79 Å². The molecule has 0 aliphatic carbocycles. The summed E-state index contributed by atoms with van der Waals surface area (Å²) in [4.78, 5) is 12.8. The maximum absolute atomic E-state index is 12.1. The summed E-state index contributed by atoms with van der Waals surface area (Å²) in [5.41, 5.74) is 3.96. The van der Waals surface area contributed by atoms with Crippen molar-refractivity contribution in [2.45, 2.75) is 12.2 Å². The van der Waals surface area contributed by atoms with E-state index in [0.29, 0.717) is 0 Å². The fourth-order valence-corrected chi connectivity index (χ4v) is 1.02. The standard InChI is InChI=1S/C7H6ClF3N2O/c8-4-1-3(2-13-6(4)14)5(12)7(9,10)11/h1-2,5H,12H2,(H,13,14)/t5-/m1/s1. The normalized spacial score (nSPS) is 14.1. The van der Waals surface area contributed by atoms with Crippen molar-refractivity contribution in [3.63, 3.8) is 0 Å². The van der Waals surface area contributed by atoms with Crippen molar-refractivity contribution in [3.8, 4) is 0 Å². The van der Waals surface area contributed by atoms with Crippen molar-refractivity contribution in [2.24, 2.45) is 5.73 Å². The summed E-state index contributed by atoms with van der Waals surface area (Å²) in [5.74, 6) is 0. The van der Waals surface area contributed by atoms with Crippen LogP contribution >= 0.6 is 11.6 Å². The summed E-state index contributed by atoms with van der Waals surface area (Å²) in [5, 5.41) is -0.317. The number of aromatic amines is 1. The lowest BCUT2D eigenvalue weighted by Gasteiger charge is -2.15. The summed E-state index contributed by atoms with van der Waals surface area (Å²) in [6.07, 6.45) is -3.66. The van der Waals surface area contributed by atoms with Crippen LogP contribution in [-0.2, 0) is 0 Å². The van der Waals surface area contributed by atoms with E-state index in [9.17, 15) is 18.0 Å². The number of hydrogen-bond donors (Lipinski definition) is 2. The first-order valence-electron chi connectivity index (χ1n) is 3.53. The zero-order valence-corrected chi connectivity index (χ0v) is 7.49. The molecule has 0 bridgehead atoms. The highest BCUT2D eigenvalue weighted by Gasteiger charge is 2.38. The molecule has 0 fully saturated rings. The Morgan fingerprint density at radius 3 is 2.50 bits per heavy atom. The molecule has 7 heteroatoms. The average Bonchev–Trinajstić information content (AvgIpc) is 2.07. The maximum Gasteiger partial charge on any atom is 0.407 e. The van der Waals surface area contributed by atoms with E-state index in [0.717, 1.165) is 12.3 Å². The minimum atomic E-state index is -4.55. The second-order valence-corrected chi connectivity index (χ2v) is 3.04. The monoisotopic (exact) mass is 226 g/mol. The second-order valence-electron chi connectivity index (χ2n) is 2.63. The van der Waals surface area contributed by atoms with E-state index in [-0.39, 0.29) is 10.6 Å². The lowest BCUT2D eigenvalue weighted by Crippen LogP contribution is -2.29. The van der Waals surface area contributed by atoms with Gasteiger partial charge in [-0.25, -0.2) is 0 Å². The van der Waals surface area contributed by atoms with Crippen LogP contribution in [-0.4, -0.2) is 11.2 Å². The number of alkyl halides is 3. The molecule has 0 amide bonds. The van der Waals surface area contributed by atoms with Crippen molar-refractivity contribution in [3.05, 3.63) is 33.2 Å². The average molecular weight is 227 g/mol. The molecular weight excluding hydrogens is 221 g/mol. The molecule has 1 heterocycles. The molecule has 0 radical (unpaired) electrons. The van der Waals surface area contributed by atoms with E-state index in [4.69, 9.17) is 17.3 Å². The minimum Gasteiger partial charge on any atom is -0.327 e. The summed E-state index contributed by atoms with van der Waals surface area (Å²) >= 11 is 5.34. The Kier molecular flexibility index (Phi) is 2.86. The number of halogens is 4. The van der Waals surface area contributed by atoms with Crippen LogP contribution in [0.25, 0.3) is 0 Å². The minimum absolute atomic E-state index is 0.276. The van der Waals surface area contributed by atoms with Crippen molar-refractivity contribution < 1.29 is 13.2 Å². The van der Waals surface area contributed by atoms with Gasteiger partial charge in [0.25, 0.3) is 5.56 Å². The van der Waals surface area contributed by atoms with Crippen LogP contribution < -0.4 is 11.3 Å². The third kappa shape index (κ3) is 2.27. The van der Waals surface area contributed by atoms with E-state index >= 15 is 0 Å². The largest absolute Gasteiger partial charge is 0.407 e. The van der Waals surface area contributed by atoms with Gasteiger partial charge in [-0.15, -0.1) is 0 Å². The van der Waals surface area contributed by atoms with Crippen LogP contribution in [0.3, 0.4) is 0 Å². The van der Waals surface area contributed by atoms with Crippen LogP contribution in [0.15, 0.2) is 17.1 Å². The highest BCUT2D eigenvalue weighted by molar-refractivity contribution is 6.30. The molecule has 3 nitrogen and oxygen atoms in total. The van der Waals surface area contributed by atoms with Gasteiger partial charge in [0, 0.05) is 6.20 Å². The van der Waals surface area contributed by atoms with Crippen LogP contribution in [0, 0.1) is 0 Å². The van der Waals surface area contributed by atoms with Gasteiger partial charge in [-0.2, -0.15) is 13.2 Å². The second kappa shape index (κ2) is 3.62. The summed E-state index contributed by atoms with van der Waals surface area (Å²) in [6, 6.07) is -1.24. The van der Waals surface area contributed by atoms with Crippen LogP contribution in [0.2, 0.25) is 5.02 Å². The molecule has 1 aromatic rings. The van der Waals surface area contributed by atoms with Crippen molar-refractivity contribution >= 4 is 11.6 Å². The SMILES string of the molecule is N[C@H](c1c[nH]c(=O)c(Cl)c1)C(F)(F)F. The van der Waals surface area contributed by atoms with Gasteiger partial charge in [0.2, 0.25) is 0 Å². The molecule has 0 aliphatic rings. The van der Waals surface area contributed by atoms with Crippen LogP contribution in [0.5, 0.6) is 0 Å². The zero-order chi connectivity index (χ0) is 10.9. The maximum atomic E-state index is 12.1. The van der Waals surface area contributed by atoms with E-state index in [1.165, 1.54) is 0 Å². The first-order valence-corrected chi connectivity index (χ1v) is 3.90. The topological polar surface area (TPSA) is 58.9 Å². The Morgan fingerprint density at radius 1 is 1.50 bits per heavy atom. The van der Waals surface area contributed by atoms with Gasteiger partial charge in [0.1, 0.15) is 11.1 Å². The van der Waals surface area contributed by atoms with Gasteiger partial charge < -0.3 is 10.7 Å². The van der Waals surface area contributed by atoms with E-state index in [2.05, 4.69) is 4.98 Å². The quantitative estimate of drug-likeness (QED) is 0.764. The van der Waals surface area contributed by atoms with Crippen molar-refractivity contribution in [1.29, 1.82) is 0 Å². The van der Waals surface area contributed by atoms with Gasteiger partial charge >= 0.3 is 6.18 Å². The van der Waals surface area contributed by atoms with Gasteiger partial charge in [0.05, 0.1) is 0 Å². The van der Waals surface area contributed by atoms with Crippen molar-refractivity contribution in [2.75, 3.05) is 0 Å². The van der Waals surface area contributed by atoms with Crippen molar-refractivity contribution in [1.82, 2.24) is 4.98 Å². The first kappa shape index (κ1) is 11.1. The molecule has 0 saturated heterocycles. The van der Waals surface area contributed by atoms with Gasteiger partial charge in [0.15, 0.2) is 0 Å². The molecule has 78 valence electrons. The lowest BCUT2D eigenvalue weighted by molar-refractivity contribution is -0.149. The van der Waals surface area contributed by atoms with E-state index in [1.807, 2.05) is 0 Å². The molecule has 0 saturated carbocycles. The molecule has 1 rings (SSSR count).